The van der Waals surface area contributed by atoms with Crippen molar-refractivity contribution in [3.05, 3.63) is 35.4 Å². The summed E-state index contributed by atoms with van der Waals surface area (Å²) in [6.45, 7) is 4.04. The van der Waals surface area contributed by atoms with Gasteiger partial charge < -0.3 is 0 Å². The zero-order valence-corrected chi connectivity index (χ0v) is 9.09. The van der Waals surface area contributed by atoms with E-state index in [2.05, 4.69) is 11.8 Å². The van der Waals surface area contributed by atoms with Crippen molar-refractivity contribution in [3.8, 4) is 0 Å². The summed E-state index contributed by atoms with van der Waals surface area (Å²) < 4.78 is 37.4. The van der Waals surface area contributed by atoms with Crippen molar-refractivity contribution >= 4 is 0 Å². The molecule has 2 rings (SSSR count). The maximum Gasteiger partial charge on any atom is 0.416 e. The number of nitrogens with zero attached hydrogens (tertiary/aromatic N) is 1. The molecule has 1 saturated heterocycles. The minimum absolute atomic E-state index is 0.438. The average molecular weight is 229 g/mol. The molecule has 0 amide bonds. The van der Waals surface area contributed by atoms with Crippen LogP contribution in [0.4, 0.5) is 13.2 Å². The minimum Gasteiger partial charge on any atom is -0.297 e. The SMILES string of the molecule is CCN1C[C@H]1Cc1cccc(C(F)(F)F)c1. The lowest BCUT2D eigenvalue weighted by Crippen LogP contribution is -2.07. The zero-order chi connectivity index (χ0) is 11.8. The fourth-order valence-corrected chi connectivity index (χ4v) is 1.95. The molecule has 1 unspecified atom stereocenters. The molecular formula is C12H14F3N. The number of rotatable bonds is 3. The van der Waals surface area contributed by atoms with E-state index in [0.29, 0.717) is 6.04 Å². The van der Waals surface area contributed by atoms with Crippen LogP contribution < -0.4 is 0 Å². The molecule has 4 heteroatoms. The van der Waals surface area contributed by atoms with Crippen molar-refractivity contribution in [3.63, 3.8) is 0 Å². The van der Waals surface area contributed by atoms with E-state index in [1.54, 1.807) is 6.07 Å². The number of alkyl halides is 3. The van der Waals surface area contributed by atoms with Gasteiger partial charge in [0, 0.05) is 12.6 Å². The van der Waals surface area contributed by atoms with E-state index in [9.17, 15) is 13.2 Å². The molecule has 2 atom stereocenters. The molecule has 1 aromatic rings. The molecule has 1 aliphatic rings. The lowest BCUT2D eigenvalue weighted by atomic mass is 10.1. The van der Waals surface area contributed by atoms with E-state index in [1.807, 2.05) is 0 Å². The first kappa shape index (κ1) is 11.5. The largest absolute Gasteiger partial charge is 0.416 e. The molecule has 0 radical (unpaired) electrons. The first-order chi connectivity index (χ1) is 7.50. The molecule has 1 fully saturated rings. The summed E-state index contributed by atoms with van der Waals surface area (Å²) in [4.78, 5) is 2.24. The molecule has 0 saturated carbocycles. The monoisotopic (exact) mass is 229 g/mol. The van der Waals surface area contributed by atoms with E-state index in [-0.39, 0.29) is 0 Å². The Kier molecular flexibility index (Phi) is 2.93. The Morgan fingerprint density at radius 1 is 1.38 bits per heavy atom. The first-order valence-electron chi connectivity index (χ1n) is 5.41. The Morgan fingerprint density at radius 3 is 2.69 bits per heavy atom. The highest BCUT2D eigenvalue weighted by molar-refractivity contribution is 5.27. The van der Waals surface area contributed by atoms with Crippen LogP contribution in [-0.4, -0.2) is 24.0 Å². The molecule has 0 bridgehead atoms. The van der Waals surface area contributed by atoms with Crippen LogP contribution in [0, 0.1) is 0 Å². The summed E-state index contributed by atoms with van der Waals surface area (Å²) in [5.41, 5.74) is 0.226. The molecule has 1 aliphatic heterocycles. The number of benzene rings is 1. The highest BCUT2D eigenvalue weighted by atomic mass is 19.4. The van der Waals surface area contributed by atoms with Crippen LogP contribution in [0.5, 0.6) is 0 Å². The van der Waals surface area contributed by atoms with Crippen LogP contribution in [0.25, 0.3) is 0 Å². The summed E-state index contributed by atoms with van der Waals surface area (Å²) in [6, 6.07) is 6.06. The summed E-state index contributed by atoms with van der Waals surface area (Å²) in [6.07, 6.45) is -3.51. The normalized spacial score (nSPS) is 24.5. The van der Waals surface area contributed by atoms with Gasteiger partial charge in [-0.25, -0.2) is 0 Å². The van der Waals surface area contributed by atoms with Crippen molar-refractivity contribution in [1.82, 2.24) is 4.90 Å². The Bertz CT molecular complexity index is 373. The minimum atomic E-state index is -4.23. The lowest BCUT2D eigenvalue weighted by molar-refractivity contribution is -0.137. The Labute approximate surface area is 92.9 Å². The standard InChI is InChI=1S/C12H14F3N/c1-2-16-8-11(16)7-9-4-3-5-10(6-9)12(13,14)15/h3-6,11H,2,7-8H2,1H3/t11-,16?/m1/s1. The summed E-state index contributed by atoms with van der Waals surface area (Å²) >= 11 is 0. The molecule has 1 nitrogen and oxygen atoms in total. The second-order valence-corrected chi connectivity index (χ2v) is 4.14. The first-order valence-corrected chi connectivity index (χ1v) is 5.41. The second kappa shape index (κ2) is 4.09. The van der Waals surface area contributed by atoms with Crippen LogP contribution in [-0.2, 0) is 12.6 Å². The smallest absolute Gasteiger partial charge is 0.297 e. The third-order valence-electron chi connectivity index (χ3n) is 2.96. The quantitative estimate of drug-likeness (QED) is 0.720. The van der Waals surface area contributed by atoms with Gasteiger partial charge >= 0.3 is 6.18 Å². The van der Waals surface area contributed by atoms with Crippen LogP contribution in [0.3, 0.4) is 0 Å². The van der Waals surface area contributed by atoms with Crippen molar-refractivity contribution in [2.24, 2.45) is 0 Å². The van der Waals surface area contributed by atoms with Crippen molar-refractivity contribution in [2.75, 3.05) is 13.1 Å². The lowest BCUT2D eigenvalue weighted by Gasteiger charge is -2.08. The molecular weight excluding hydrogens is 215 g/mol. The average Bonchev–Trinajstić information content (AvgIpc) is 2.95. The third-order valence-corrected chi connectivity index (χ3v) is 2.96. The van der Waals surface area contributed by atoms with Gasteiger partial charge in [-0.1, -0.05) is 25.1 Å². The van der Waals surface area contributed by atoms with Crippen LogP contribution in [0.1, 0.15) is 18.1 Å². The van der Waals surface area contributed by atoms with Gasteiger partial charge in [0.25, 0.3) is 0 Å². The molecule has 1 aromatic carbocycles. The second-order valence-electron chi connectivity index (χ2n) is 4.14. The molecule has 0 spiro atoms. The van der Waals surface area contributed by atoms with E-state index in [4.69, 9.17) is 0 Å². The van der Waals surface area contributed by atoms with E-state index < -0.39 is 11.7 Å². The molecule has 88 valence electrons. The van der Waals surface area contributed by atoms with E-state index in [0.717, 1.165) is 31.1 Å². The van der Waals surface area contributed by atoms with Gasteiger partial charge in [-0.15, -0.1) is 0 Å². The van der Waals surface area contributed by atoms with Gasteiger partial charge in [-0.3, -0.25) is 4.90 Å². The van der Waals surface area contributed by atoms with E-state index in [1.165, 1.54) is 12.1 Å². The van der Waals surface area contributed by atoms with Crippen LogP contribution >= 0.6 is 0 Å². The van der Waals surface area contributed by atoms with Gasteiger partial charge in [-0.2, -0.15) is 13.2 Å². The molecule has 0 N–H and O–H groups in total. The Morgan fingerprint density at radius 2 is 2.12 bits per heavy atom. The fraction of sp³-hybridized carbons (Fsp3) is 0.500. The van der Waals surface area contributed by atoms with Gasteiger partial charge in [0.15, 0.2) is 0 Å². The fourth-order valence-electron chi connectivity index (χ4n) is 1.95. The van der Waals surface area contributed by atoms with Gasteiger partial charge in [0.2, 0.25) is 0 Å². The summed E-state index contributed by atoms with van der Waals surface area (Å²) in [5.74, 6) is 0. The van der Waals surface area contributed by atoms with E-state index >= 15 is 0 Å². The molecule has 1 heterocycles. The maximum absolute atomic E-state index is 12.5. The molecule has 16 heavy (non-hydrogen) atoms. The topological polar surface area (TPSA) is 3.01 Å². The number of halogens is 3. The summed E-state index contributed by atoms with van der Waals surface area (Å²) in [7, 11) is 0. The summed E-state index contributed by atoms with van der Waals surface area (Å²) in [5, 5.41) is 0. The highest BCUT2D eigenvalue weighted by Gasteiger charge is 2.33. The predicted molar refractivity (Wildman–Crippen MR) is 56.2 cm³/mol. The highest BCUT2D eigenvalue weighted by Crippen LogP contribution is 2.30. The van der Waals surface area contributed by atoms with Crippen molar-refractivity contribution in [2.45, 2.75) is 25.6 Å². The zero-order valence-electron chi connectivity index (χ0n) is 9.09. The Balaban J connectivity index is 2.06. The number of hydrogen-bond donors (Lipinski definition) is 0. The van der Waals surface area contributed by atoms with Crippen LogP contribution in [0.2, 0.25) is 0 Å². The van der Waals surface area contributed by atoms with Gasteiger partial charge in [-0.05, 0) is 24.6 Å². The van der Waals surface area contributed by atoms with Crippen molar-refractivity contribution in [1.29, 1.82) is 0 Å². The molecule has 0 aliphatic carbocycles. The molecule has 0 aromatic heterocycles. The maximum atomic E-state index is 12.5. The number of likely N-dealkylation sites (N-methyl/N-ethyl adjacent to an activating group) is 1. The van der Waals surface area contributed by atoms with Crippen LogP contribution in [0.15, 0.2) is 24.3 Å². The Hall–Kier alpha value is -1.03. The number of hydrogen-bond acceptors (Lipinski definition) is 1. The van der Waals surface area contributed by atoms with Gasteiger partial charge in [0.1, 0.15) is 0 Å². The van der Waals surface area contributed by atoms with Gasteiger partial charge in [0.05, 0.1) is 5.56 Å². The van der Waals surface area contributed by atoms with Crippen molar-refractivity contribution < 1.29 is 13.2 Å². The predicted octanol–water partition coefficient (Wildman–Crippen LogP) is 2.95. The third kappa shape index (κ3) is 2.55.